The number of hydrogen-bond acceptors (Lipinski definition) is 7. The third-order valence-electron chi connectivity index (χ3n) is 5.67. The second-order valence-corrected chi connectivity index (χ2v) is 7.75. The van der Waals surface area contributed by atoms with Gasteiger partial charge in [-0.25, -0.2) is 9.97 Å². The lowest BCUT2D eigenvalue weighted by Crippen LogP contribution is -2.52. The maximum Gasteiger partial charge on any atom is 0.430 e. The van der Waals surface area contributed by atoms with E-state index in [2.05, 4.69) is 9.97 Å². The highest BCUT2D eigenvalue weighted by molar-refractivity contribution is 5.86. The zero-order valence-corrected chi connectivity index (χ0v) is 17.4. The molecule has 1 aromatic carbocycles. The summed E-state index contributed by atoms with van der Waals surface area (Å²) >= 11 is 0. The number of aryl methyl sites for hydroxylation is 1. The number of alkyl halides is 3. The van der Waals surface area contributed by atoms with Crippen LogP contribution in [0.1, 0.15) is 42.5 Å². The van der Waals surface area contributed by atoms with Crippen molar-refractivity contribution < 1.29 is 32.6 Å². The molecule has 8 nitrogen and oxygen atoms in total. The highest BCUT2D eigenvalue weighted by Crippen LogP contribution is 2.44. The van der Waals surface area contributed by atoms with Crippen LogP contribution in [0.4, 0.5) is 19.0 Å². The summed E-state index contributed by atoms with van der Waals surface area (Å²) in [6, 6.07) is 3.32. The summed E-state index contributed by atoms with van der Waals surface area (Å²) in [6.45, 7) is 3.63. The van der Waals surface area contributed by atoms with Gasteiger partial charge in [0, 0.05) is 17.0 Å². The molecule has 32 heavy (non-hydrogen) atoms. The summed E-state index contributed by atoms with van der Waals surface area (Å²) in [4.78, 5) is 32.0. The molecule has 0 aliphatic heterocycles. The zero-order valence-electron chi connectivity index (χ0n) is 17.4. The van der Waals surface area contributed by atoms with Crippen molar-refractivity contribution >= 4 is 17.7 Å². The molecular weight excluding hydrogens is 429 g/mol. The van der Waals surface area contributed by atoms with Gasteiger partial charge >= 0.3 is 12.1 Å². The number of carbonyl (C=O) groups is 2. The van der Waals surface area contributed by atoms with E-state index >= 15 is 0 Å². The average molecular weight is 452 g/mol. The monoisotopic (exact) mass is 452 g/mol. The van der Waals surface area contributed by atoms with Crippen LogP contribution >= 0.6 is 0 Å². The molecule has 5 N–H and O–H groups in total. The Bertz CT molecular complexity index is 1050. The largest absolute Gasteiger partial charge is 0.466 e. The number of nitrogen functional groups attached to an aromatic ring is 1. The Labute approximate surface area is 181 Å². The van der Waals surface area contributed by atoms with E-state index in [1.165, 1.54) is 12.3 Å². The Morgan fingerprint density at radius 3 is 2.50 bits per heavy atom. The zero-order chi connectivity index (χ0) is 23.8. The van der Waals surface area contributed by atoms with E-state index in [-0.39, 0.29) is 41.5 Å². The first-order valence-corrected chi connectivity index (χ1v) is 9.89. The van der Waals surface area contributed by atoms with Crippen molar-refractivity contribution in [1.29, 1.82) is 0 Å². The van der Waals surface area contributed by atoms with Crippen molar-refractivity contribution in [3.63, 3.8) is 0 Å². The van der Waals surface area contributed by atoms with Crippen LogP contribution in [-0.2, 0) is 19.9 Å². The third kappa shape index (κ3) is 3.99. The van der Waals surface area contributed by atoms with Gasteiger partial charge in [0.25, 0.3) is 11.5 Å². The van der Waals surface area contributed by atoms with Gasteiger partial charge in [0.15, 0.2) is 0 Å². The van der Waals surface area contributed by atoms with Gasteiger partial charge in [-0.05, 0) is 38.3 Å². The molecule has 172 valence electrons. The summed E-state index contributed by atoms with van der Waals surface area (Å²) in [5.74, 6) is -2.51. The molecule has 1 atom stereocenters. The van der Waals surface area contributed by atoms with Crippen LogP contribution in [0.3, 0.4) is 0 Å². The number of aliphatic hydroxyl groups is 1. The maximum atomic E-state index is 13.5. The number of carbonyl (C=O) groups excluding carboxylic acids is 2. The molecule has 3 rings (SSSR count). The van der Waals surface area contributed by atoms with Crippen LogP contribution < -0.4 is 11.5 Å². The molecule has 11 heteroatoms. The van der Waals surface area contributed by atoms with Crippen LogP contribution in [0.15, 0.2) is 24.4 Å². The van der Waals surface area contributed by atoms with Crippen LogP contribution in [0.5, 0.6) is 0 Å². The second kappa shape index (κ2) is 8.38. The molecule has 1 unspecified atom stereocenters. The number of primary amides is 1. The predicted molar refractivity (Wildman–Crippen MR) is 108 cm³/mol. The van der Waals surface area contributed by atoms with Crippen LogP contribution in [0.2, 0.25) is 0 Å². The smallest absolute Gasteiger partial charge is 0.430 e. The van der Waals surface area contributed by atoms with E-state index in [0.29, 0.717) is 24.1 Å². The highest BCUT2D eigenvalue weighted by Gasteiger charge is 2.60. The van der Waals surface area contributed by atoms with Crippen LogP contribution in [-0.4, -0.2) is 39.7 Å². The number of halogens is 3. The first kappa shape index (κ1) is 23.5. The molecule has 1 saturated carbocycles. The van der Waals surface area contributed by atoms with Gasteiger partial charge in [-0.3, -0.25) is 9.59 Å². The molecule has 1 aliphatic carbocycles. The van der Waals surface area contributed by atoms with Crippen molar-refractivity contribution in [2.45, 2.75) is 44.4 Å². The standard InChI is InChI=1S/C21H23F3N4O4/c1-3-32-18(29)12-6-11(7-12)16-17(25)27-9-15(28-16)14-8-13(5-4-10(14)2)20(31,19(26)30)21(22,23)24/h4-5,8-9,11-12,31H,3,6-7H2,1-2H3,(H2,25,27)(H2,26,30)/t11-,12+,20?. The Balaban J connectivity index is 1.98. The fraction of sp³-hybridized carbons (Fsp3) is 0.429. The first-order chi connectivity index (χ1) is 14.9. The molecule has 0 bridgehead atoms. The number of aromatic nitrogens is 2. The molecule has 1 fully saturated rings. The number of ether oxygens (including phenoxy) is 1. The summed E-state index contributed by atoms with van der Waals surface area (Å²) < 4.78 is 45.4. The Kier molecular flexibility index (Phi) is 6.14. The van der Waals surface area contributed by atoms with Gasteiger partial charge in [0.1, 0.15) is 5.82 Å². The number of benzene rings is 1. The van der Waals surface area contributed by atoms with E-state index in [9.17, 15) is 27.9 Å². The molecule has 1 amide bonds. The Morgan fingerprint density at radius 2 is 1.94 bits per heavy atom. The lowest BCUT2D eigenvalue weighted by atomic mass is 9.73. The summed E-state index contributed by atoms with van der Waals surface area (Å²) in [7, 11) is 0. The lowest BCUT2D eigenvalue weighted by Gasteiger charge is -2.33. The van der Waals surface area contributed by atoms with Gasteiger partial charge in [-0.2, -0.15) is 13.2 Å². The topological polar surface area (TPSA) is 141 Å². The van der Waals surface area contributed by atoms with Gasteiger partial charge in [-0.1, -0.05) is 12.1 Å². The third-order valence-corrected chi connectivity index (χ3v) is 5.67. The van der Waals surface area contributed by atoms with Crippen LogP contribution in [0, 0.1) is 12.8 Å². The average Bonchev–Trinajstić information content (AvgIpc) is 2.67. The number of hydrogen-bond donors (Lipinski definition) is 3. The molecule has 0 spiro atoms. The number of rotatable bonds is 6. The van der Waals surface area contributed by atoms with Gasteiger partial charge in [0.05, 0.1) is 30.1 Å². The molecule has 1 aromatic heterocycles. The summed E-state index contributed by atoms with van der Waals surface area (Å²) in [5.41, 5.74) is 7.64. The van der Waals surface area contributed by atoms with E-state index in [1.54, 1.807) is 13.8 Å². The minimum Gasteiger partial charge on any atom is -0.466 e. The molecule has 1 heterocycles. The van der Waals surface area contributed by atoms with Crippen molar-refractivity contribution in [3.05, 3.63) is 41.2 Å². The molecular formula is C21H23F3N4O4. The Hall–Kier alpha value is -3.21. The predicted octanol–water partition coefficient (Wildman–Crippen LogP) is 2.33. The Morgan fingerprint density at radius 1 is 1.28 bits per heavy atom. The fourth-order valence-corrected chi connectivity index (χ4v) is 3.71. The van der Waals surface area contributed by atoms with Gasteiger partial charge < -0.3 is 21.3 Å². The minimum absolute atomic E-state index is 0.152. The highest BCUT2D eigenvalue weighted by atomic mass is 19.4. The summed E-state index contributed by atoms with van der Waals surface area (Å²) in [6.07, 6.45) is -3.09. The van der Waals surface area contributed by atoms with Gasteiger partial charge in [-0.15, -0.1) is 0 Å². The molecule has 0 radical (unpaired) electrons. The number of nitrogens with zero attached hydrogens (tertiary/aromatic N) is 2. The van der Waals surface area contributed by atoms with E-state index < -0.39 is 23.2 Å². The van der Waals surface area contributed by atoms with E-state index in [4.69, 9.17) is 16.2 Å². The van der Waals surface area contributed by atoms with Gasteiger partial charge in [0.2, 0.25) is 0 Å². The molecule has 2 aromatic rings. The molecule has 0 saturated heterocycles. The molecule has 1 aliphatic rings. The van der Waals surface area contributed by atoms with Crippen molar-refractivity contribution in [2.24, 2.45) is 11.7 Å². The minimum atomic E-state index is -5.32. The number of nitrogens with two attached hydrogens (primary N) is 2. The first-order valence-electron chi connectivity index (χ1n) is 9.89. The van der Waals surface area contributed by atoms with Crippen LogP contribution in [0.25, 0.3) is 11.3 Å². The summed E-state index contributed by atoms with van der Waals surface area (Å²) in [5, 5.41) is 10.1. The number of esters is 1. The van der Waals surface area contributed by atoms with E-state index in [1.807, 2.05) is 0 Å². The van der Waals surface area contributed by atoms with Crippen molar-refractivity contribution in [2.75, 3.05) is 12.3 Å². The van der Waals surface area contributed by atoms with E-state index in [0.717, 1.165) is 12.1 Å². The lowest BCUT2D eigenvalue weighted by molar-refractivity contribution is -0.255. The second-order valence-electron chi connectivity index (χ2n) is 7.75. The maximum absolute atomic E-state index is 13.5. The fourth-order valence-electron chi connectivity index (χ4n) is 3.71. The quantitative estimate of drug-likeness (QED) is 0.571. The van der Waals surface area contributed by atoms with Crippen molar-refractivity contribution in [1.82, 2.24) is 9.97 Å². The number of amides is 1. The number of anilines is 1. The normalized spacial score (nSPS) is 20.2. The SMILES string of the molecule is CCOC(=O)[C@H]1C[C@@H](c2nc(-c3cc(C(O)(C(N)=O)C(F)(F)F)ccc3C)cnc2N)C1. The van der Waals surface area contributed by atoms with Crippen molar-refractivity contribution in [3.8, 4) is 11.3 Å².